The number of hydrogen-bond acceptors (Lipinski definition) is 6. The second-order valence-corrected chi connectivity index (χ2v) is 3.70. The Morgan fingerprint density at radius 1 is 1.38 bits per heavy atom. The minimum atomic E-state index is 0.280. The van der Waals surface area contributed by atoms with Crippen LogP contribution in [0.25, 0.3) is 0 Å². The van der Waals surface area contributed by atoms with Gasteiger partial charge in [-0.25, -0.2) is 0 Å². The van der Waals surface area contributed by atoms with Gasteiger partial charge >= 0.3 is 0 Å². The van der Waals surface area contributed by atoms with Crippen LogP contribution < -0.4 is 11.1 Å². The first-order chi connectivity index (χ1) is 6.28. The van der Waals surface area contributed by atoms with E-state index in [1.165, 1.54) is 24.6 Å². The summed E-state index contributed by atoms with van der Waals surface area (Å²) in [6, 6.07) is 0.538. The summed E-state index contributed by atoms with van der Waals surface area (Å²) in [5, 5.41) is 3.84. The third-order valence-electron chi connectivity index (χ3n) is 1.73. The zero-order chi connectivity index (χ0) is 9.26. The zero-order valence-electron chi connectivity index (χ0n) is 7.32. The Bertz CT molecular complexity index is 312. The summed E-state index contributed by atoms with van der Waals surface area (Å²) >= 11 is 1.46. The number of nitrogens with zero attached hydrogens (tertiary/aromatic N) is 3. The van der Waals surface area contributed by atoms with Crippen LogP contribution in [0.5, 0.6) is 0 Å². The van der Waals surface area contributed by atoms with E-state index in [0.717, 1.165) is 0 Å². The normalized spacial score (nSPS) is 15.8. The van der Waals surface area contributed by atoms with Gasteiger partial charge in [0.25, 0.3) is 0 Å². The van der Waals surface area contributed by atoms with E-state index in [-0.39, 0.29) is 5.95 Å². The molecule has 1 aliphatic rings. The van der Waals surface area contributed by atoms with Crippen molar-refractivity contribution in [2.45, 2.75) is 24.0 Å². The van der Waals surface area contributed by atoms with E-state index < -0.39 is 0 Å². The summed E-state index contributed by atoms with van der Waals surface area (Å²) in [4.78, 5) is 12.1. The Morgan fingerprint density at radius 3 is 2.77 bits per heavy atom. The van der Waals surface area contributed by atoms with Crippen LogP contribution in [0.1, 0.15) is 12.8 Å². The molecule has 1 fully saturated rings. The Hall–Kier alpha value is -1.04. The van der Waals surface area contributed by atoms with Gasteiger partial charge in [-0.1, -0.05) is 11.8 Å². The van der Waals surface area contributed by atoms with E-state index in [9.17, 15) is 0 Å². The highest BCUT2D eigenvalue weighted by atomic mass is 32.2. The maximum Gasteiger partial charge on any atom is 0.228 e. The van der Waals surface area contributed by atoms with E-state index >= 15 is 0 Å². The summed E-state index contributed by atoms with van der Waals surface area (Å²) in [6.07, 6.45) is 4.30. The fourth-order valence-electron chi connectivity index (χ4n) is 0.938. The number of hydrogen-bond donors (Lipinski definition) is 2. The van der Waals surface area contributed by atoms with Gasteiger partial charge in [0.05, 0.1) is 0 Å². The highest BCUT2D eigenvalue weighted by molar-refractivity contribution is 7.98. The SMILES string of the molecule is CSc1nc(N)nc(NC2CC2)n1. The van der Waals surface area contributed by atoms with Gasteiger partial charge in [0.2, 0.25) is 11.9 Å². The molecule has 1 saturated carbocycles. The monoisotopic (exact) mass is 197 g/mol. The largest absolute Gasteiger partial charge is 0.368 e. The number of thioether (sulfide) groups is 1. The molecule has 70 valence electrons. The van der Waals surface area contributed by atoms with Crippen LogP contribution in [0.4, 0.5) is 11.9 Å². The van der Waals surface area contributed by atoms with Crippen molar-refractivity contribution < 1.29 is 0 Å². The molecule has 0 atom stereocenters. The van der Waals surface area contributed by atoms with E-state index in [0.29, 0.717) is 17.1 Å². The van der Waals surface area contributed by atoms with Gasteiger partial charge in [-0.2, -0.15) is 15.0 Å². The summed E-state index contributed by atoms with van der Waals surface area (Å²) in [7, 11) is 0. The van der Waals surface area contributed by atoms with Crippen molar-refractivity contribution >= 4 is 23.7 Å². The molecule has 1 aliphatic carbocycles. The topological polar surface area (TPSA) is 76.7 Å². The maximum atomic E-state index is 5.52. The van der Waals surface area contributed by atoms with Crippen LogP contribution >= 0.6 is 11.8 Å². The van der Waals surface area contributed by atoms with E-state index in [1.54, 1.807) is 0 Å². The third-order valence-corrected chi connectivity index (χ3v) is 2.27. The van der Waals surface area contributed by atoms with Crippen LogP contribution in [0.15, 0.2) is 5.16 Å². The molecule has 1 aromatic rings. The van der Waals surface area contributed by atoms with E-state index in [1.807, 2.05) is 6.26 Å². The van der Waals surface area contributed by atoms with Crippen LogP contribution in [-0.2, 0) is 0 Å². The lowest BCUT2D eigenvalue weighted by Crippen LogP contribution is -2.09. The molecule has 0 aromatic carbocycles. The highest BCUT2D eigenvalue weighted by Gasteiger charge is 2.22. The van der Waals surface area contributed by atoms with Gasteiger partial charge < -0.3 is 11.1 Å². The average Bonchev–Trinajstić information content (AvgIpc) is 2.87. The Labute approximate surface area is 80.6 Å². The molecule has 0 unspecified atom stereocenters. The predicted octanol–water partition coefficient (Wildman–Crippen LogP) is 0.750. The molecule has 0 aliphatic heterocycles. The standard InChI is InChI=1S/C7H11N5S/c1-13-7-11-5(8)10-6(12-7)9-4-2-3-4/h4H,2-3H2,1H3,(H3,8,9,10,11,12). The van der Waals surface area contributed by atoms with E-state index in [4.69, 9.17) is 5.73 Å². The lowest BCUT2D eigenvalue weighted by atomic mass is 10.7. The molecule has 13 heavy (non-hydrogen) atoms. The van der Waals surface area contributed by atoms with Crippen molar-refractivity contribution in [1.29, 1.82) is 0 Å². The van der Waals surface area contributed by atoms with Gasteiger partial charge in [0.1, 0.15) is 0 Å². The lowest BCUT2D eigenvalue weighted by Gasteiger charge is -2.03. The van der Waals surface area contributed by atoms with Crippen molar-refractivity contribution in [2.75, 3.05) is 17.3 Å². The van der Waals surface area contributed by atoms with Crippen molar-refractivity contribution in [1.82, 2.24) is 15.0 Å². The Kier molecular flexibility index (Phi) is 2.22. The van der Waals surface area contributed by atoms with Crippen molar-refractivity contribution in [2.24, 2.45) is 0 Å². The highest BCUT2D eigenvalue weighted by Crippen LogP contribution is 2.23. The van der Waals surface area contributed by atoms with Crippen LogP contribution in [-0.4, -0.2) is 27.2 Å². The molecule has 0 bridgehead atoms. The molecule has 6 heteroatoms. The van der Waals surface area contributed by atoms with E-state index in [2.05, 4.69) is 20.3 Å². The molecule has 2 rings (SSSR count). The van der Waals surface area contributed by atoms with Gasteiger partial charge in [-0.05, 0) is 19.1 Å². The van der Waals surface area contributed by atoms with Crippen molar-refractivity contribution in [3.63, 3.8) is 0 Å². The smallest absolute Gasteiger partial charge is 0.228 e. The molecule has 3 N–H and O–H groups in total. The lowest BCUT2D eigenvalue weighted by molar-refractivity contribution is 0.906. The maximum absolute atomic E-state index is 5.52. The molecular weight excluding hydrogens is 186 g/mol. The Morgan fingerprint density at radius 2 is 2.15 bits per heavy atom. The van der Waals surface area contributed by atoms with Gasteiger partial charge in [0, 0.05) is 6.04 Å². The third kappa shape index (κ3) is 2.21. The molecular formula is C7H11N5S. The minimum Gasteiger partial charge on any atom is -0.368 e. The Balaban J connectivity index is 2.17. The van der Waals surface area contributed by atoms with Crippen LogP contribution in [0, 0.1) is 0 Å². The first-order valence-corrected chi connectivity index (χ1v) is 5.32. The predicted molar refractivity (Wildman–Crippen MR) is 52.7 cm³/mol. The quantitative estimate of drug-likeness (QED) is 0.696. The minimum absolute atomic E-state index is 0.280. The fourth-order valence-corrected chi connectivity index (χ4v) is 1.30. The van der Waals surface area contributed by atoms with Crippen molar-refractivity contribution in [3.8, 4) is 0 Å². The zero-order valence-corrected chi connectivity index (χ0v) is 8.14. The van der Waals surface area contributed by atoms with Crippen molar-refractivity contribution in [3.05, 3.63) is 0 Å². The molecule has 0 saturated heterocycles. The number of anilines is 2. The number of nitrogens with two attached hydrogens (primary N) is 1. The molecule has 0 spiro atoms. The fraction of sp³-hybridized carbons (Fsp3) is 0.571. The van der Waals surface area contributed by atoms with Crippen LogP contribution in [0.2, 0.25) is 0 Å². The van der Waals surface area contributed by atoms with Gasteiger partial charge in [-0.15, -0.1) is 0 Å². The number of rotatable bonds is 3. The van der Waals surface area contributed by atoms with Crippen LogP contribution in [0.3, 0.4) is 0 Å². The number of nitrogen functional groups attached to an aromatic ring is 1. The molecule has 1 heterocycles. The second-order valence-electron chi connectivity index (χ2n) is 2.92. The summed E-state index contributed by atoms with van der Waals surface area (Å²) in [5.41, 5.74) is 5.52. The van der Waals surface area contributed by atoms with Gasteiger partial charge in [0.15, 0.2) is 5.16 Å². The van der Waals surface area contributed by atoms with Gasteiger partial charge in [-0.3, -0.25) is 0 Å². The summed E-state index contributed by atoms with van der Waals surface area (Å²) in [5.74, 6) is 0.877. The molecule has 5 nitrogen and oxygen atoms in total. The second kappa shape index (κ2) is 3.37. The number of nitrogens with one attached hydrogen (secondary N) is 1. The number of aromatic nitrogens is 3. The first-order valence-electron chi connectivity index (χ1n) is 4.10. The molecule has 0 amide bonds. The average molecular weight is 197 g/mol. The molecule has 0 radical (unpaired) electrons. The molecule has 1 aromatic heterocycles. The summed E-state index contributed by atoms with van der Waals surface area (Å²) < 4.78 is 0. The summed E-state index contributed by atoms with van der Waals surface area (Å²) in [6.45, 7) is 0. The first kappa shape index (κ1) is 8.55.